The predicted molar refractivity (Wildman–Crippen MR) is 43.6 cm³/mol. The van der Waals surface area contributed by atoms with Gasteiger partial charge in [-0.25, -0.2) is 8.42 Å². The Morgan fingerprint density at radius 3 is 2.64 bits per heavy atom. The first-order chi connectivity index (χ1) is 5.08. The van der Waals surface area contributed by atoms with Gasteiger partial charge in [-0.3, -0.25) is 11.3 Å². The molecule has 1 fully saturated rings. The summed E-state index contributed by atoms with van der Waals surface area (Å²) in [6.45, 7) is 1.80. The normalized spacial score (nSPS) is 32.0. The molecule has 11 heavy (non-hydrogen) atoms. The van der Waals surface area contributed by atoms with Crippen LogP contribution < -0.4 is 11.3 Å². The van der Waals surface area contributed by atoms with E-state index in [1.165, 1.54) is 0 Å². The predicted octanol–water partition coefficient (Wildman–Crippen LogP) is -0.585. The summed E-state index contributed by atoms with van der Waals surface area (Å²) in [7, 11) is -2.84. The summed E-state index contributed by atoms with van der Waals surface area (Å²) in [6, 6.07) is -0.123. The second-order valence-corrected chi connectivity index (χ2v) is 5.34. The number of hydrazine groups is 1. The van der Waals surface area contributed by atoms with E-state index in [4.69, 9.17) is 5.84 Å². The van der Waals surface area contributed by atoms with Crippen molar-refractivity contribution in [1.29, 1.82) is 0 Å². The second kappa shape index (κ2) is 3.08. The Labute approximate surface area is 67.0 Å². The van der Waals surface area contributed by atoms with Crippen LogP contribution in [-0.4, -0.2) is 25.5 Å². The van der Waals surface area contributed by atoms with Crippen molar-refractivity contribution in [3.63, 3.8) is 0 Å². The molecule has 0 spiro atoms. The van der Waals surface area contributed by atoms with Crippen LogP contribution in [-0.2, 0) is 9.84 Å². The summed E-state index contributed by atoms with van der Waals surface area (Å²) < 4.78 is 22.5. The Balaban J connectivity index is 2.73. The van der Waals surface area contributed by atoms with E-state index in [0.29, 0.717) is 5.75 Å². The van der Waals surface area contributed by atoms with Crippen molar-refractivity contribution in [2.45, 2.75) is 31.1 Å². The van der Waals surface area contributed by atoms with Gasteiger partial charge in [0.15, 0.2) is 9.84 Å². The maximum Gasteiger partial charge on any atom is 0.154 e. The molecule has 0 aromatic carbocycles. The highest BCUT2D eigenvalue weighted by Gasteiger charge is 2.34. The van der Waals surface area contributed by atoms with Crippen LogP contribution in [0.3, 0.4) is 0 Å². The molecular weight excluding hydrogens is 164 g/mol. The molecule has 0 radical (unpaired) electrons. The van der Waals surface area contributed by atoms with Crippen LogP contribution in [0.4, 0.5) is 0 Å². The van der Waals surface area contributed by atoms with Gasteiger partial charge in [-0.1, -0.05) is 0 Å². The van der Waals surface area contributed by atoms with Gasteiger partial charge in [0.1, 0.15) is 0 Å². The molecule has 0 amide bonds. The topological polar surface area (TPSA) is 72.2 Å². The maximum absolute atomic E-state index is 11.3. The highest BCUT2D eigenvalue weighted by atomic mass is 32.2. The Kier molecular flexibility index (Phi) is 2.51. The van der Waals surface area contributed by atoms with Crippen LogP contribution in [0.2, 0.25) is 0 Å². The van der Waals surface area contributed by atoms with E-state index in [9.17, 15) is 8.42 Å². The van der Waals surface area contributed by atoms with E-state index in [2.05, 4.69) is 5.43 Å². The van der Waals surface area contributed by atoms with Crippen molar-refractivity contribution in [2.75, 3.05) is 5.75 Å². The number of hydrogen-bond donors (Lipinski definition) is 2. The molecule has 0 bridgehead atoms. The molecule has 3 N–H and O–H groups in total. The van der Waals surface area contributed by atoms with Gasteiger partial charge in [0, 0.05) is 6.04 Å². The van der Waals surface area contributed by atoms with E-state index < -0.39 is 9.84 Å². The summed E-state index contributed by atoms with van der Waals surface area (Å²) in [6.07, 6.45) is 1.52. The Morgan fingerprint density at radius 1 is 1.64 bits per heavy atom. The van der Waals surface area contributed by atoms with Gasteiger partial charge in [0.25, 0.3) is 0 Å². The van der Waals surface area contributed by atoms with Crippen molar-refractivity contribution >= 4 is 9.84 Å². The molecule has 2 atom stereocenters. The maximum atomic E-state index is 11.3. The quantitative estimate of drug-likeness (QED) is 0.438. The Morgan fingerprint density at radius 2 is 2.27 bits per heavy atom. The molecule has 1 rings (SSSR count). The fourth-order valence-electron chi connectivity index (χ4n) is 1.48. The number of nitrogens with two attached hydrogens (primary N) is 1. The lowest BCUT2D eigenvalue weighted by Crippen LogP contribution is -2.43. The summed E-state index contributed by atoms with van der Waals surface area (Å²) in [5, 5.41) is -0.271. The monoisotopic (exact) mass is 178 g/mol. The number of nitrogens with one attached hydrogen (secondary N) is 1. The highest BCUT2D eigenvalue weighted by molar-refractivity contribution is 7.92. The third-order valence-corrected chi connectivity index (χ3v) is 4.62. The minimum absolute atomic E-state index is 0.123. The molecule has 1 saturated heterocycles. The Hall–Kier alpha value is -0.130. The van der Waals surface area contributed by atoms with E-state index in [1.807, 2.05) is 0 Å². The van der Waals surface area contributed by atoms with Crippen molar-refractivity contribution in [1.82, 2.24) is 5.43 Å². The molecule has 1 aliphatic heterocycles. The fourth-order valence-corrected chi connectivity index (χ4v) is 3.58. The fraction of sp³-hybridized carbons (Fsp3) is 1.00. The zero-order chi connectivity index (χ0) is 8.48. The third-order valence-electron chi connectivity index (χ3n) is 2.20. The van der Waals surface area contributed by atoms with Crippen LogP contribution in [0.1, 0.15) is 19.8 Å². The summed E-state index contributed by atoms with van der Waals surface area (Å²) in [5.74, 6) is 5.48. The van der Waals surface area contributed by atoms with Gasteiger partial charge in [-0.15, -0.1) is 0 Å². The standard InChI is InChI=1S/C6H14N2O2S/c1-5(8-7)6-3-2-4-11(6,9)10/h5-6,8H,2-4,7H2,1H3. The third kappa shape index (κ3) is 1.72. The molecule has 0 aliphatic carbocycles. The van der Waals surface area contributed by atoms with E-state index in [1.54, 1.807) is 6.92 Å². The van der Waals surface area contributed by atoms with Crippen molar-refractivity contribution < 1.29 is 8.42 Å². The zero-order valence-electron chi connectivity index (χ0n) is 6.58. The van der Waals surface area contributed by atoms with Crippen LogP contribution in [0.25, 0.3) is 0 Å². The summed E-state index contributed by atoms with van der Waals surface area (Å²) >= 11 is 0. The first kappa shape index (κ1) is 8.96. The van der Waals surface area contributed by atoms with Crippen molar-refractivity contribution in [3.05, 3.63) is 0 Å². The van der Waals surface area contributed by atoms with Gasteiger partial charge in [-0.2, -0.15) is 0 Å². The van der Waals surface area contributed by atoms with Crippen LogP contribution in [0.15, 0.2) is 0 Å². The number of hydrogen-bond acceptors (Lipinski definition) is 4. The average molecular weight is 178 g/mol. The molecular formula is C6H14N2O2S. The van der Waals surface area contributed by atoms with E-state index in [-0.39, 0.29) is 11.3 Å². The van der Waals surface area contributed by atoms with Gasteiger partial charge in [0.05, 0.1) is 11.0 Å². The van der Waals surface area contributed by atoms with Crippen molar-refractivity contribution in [2.24, 2.45) is 5.84 Å². The number of rotatable bonds is 2. The molecule has 1 heterocycles. The molecule has 4 nitrogen and oxygen atoms in total. The first-order valence-corrected chi connectivity index (χ1v) is 5.47. The highest BCUT2D eigenvalue weighted by Crippen LogP contribution is 2.22. The molecule has 0 aromatic heterocycles. The SMILES string of the molecule is CC(NN)C1CCCS1(=O)=O. The molecule has 0 aromatic rings. The van der Waals surface area contributed by atoms with Crippen molar-refractivity contribution in [3.8, 4) is 0 Å². The zero-order valence-corrected chi connectivity index (χ0v) is 7.39. The largest absolute Gasteiger partial charge is 0.271 e. The number of sulfone groups is 1. The van der Waals surface area contributed by atoms with Crippen LogP contribution in [0, 0.1) is 0 Å². The molecule has 66 valence electrons. The van der Waals surface area contributed by atoms with Gasteiger partial charge in [0.2, 0.25) is 0 Å². The van der Waals surface area contributed by atoms with E-state index in [0.717, 1.165) is 12.8 Å². The lowest BCUT2D eigenvalue weighted by Gasteiger charge is -2.16. The minimum atomic E-state index is -2.84. The first-order valence-electron chi connectivity index (χ1n) is 3.75. The summed E-state index contributed by atoms with van der Waals surface area (Å²) in [4.78, 5) is 0. The molecule has 5 heteroatoms. The average Bonchev–Trinajstić information content (AvgIpc) is 2.28. The van der Waals surface area contributed by atoms with Crippen LogP contribution >= 0.6 is 0 Å². The lowest BCUT2D eigenvalue weighted by atomic mass is 10.1. The second-order valence-electron chi connectivity index (χ2n) is 3.00. The lowest BCUT2D eigenvalue weighted by molar-refractivity contribution is 0.509. The smallest absolute Gasteiger partial charge is 0.154 e. The van der Waals surface area contributed by atoms with E-state index >= 15 is 0 Å². The van der Waals surface area contributed by atoms with Crippen LogP contribution in [0.5, 0.6) is 0 Å². The summed E-state index contributed by atoms with van der Waals surface area (Å²) in [5.41, 5.74) is 2.48. The molecule has 0 saturated carbocycles. The molecule has 2 unspecified atom stereocenters. The Bertz CT molecular complexity index is 225. The van der Waals surface area contributed by atoms with Gasteiger partial charge >= 0.3 is 0 Å². The minimum Gasteiger partial charge on any atom is -0.271 e. The molecule has 1 aliphatic rings. The van der Waals surface area contributed by atoms with Gasteiger partial charge in [-0.05, 0) is 19.8 Å². The van der Waals surface area contributed by atoms with Gasteiger partial charge < -0.3 is 0 Å².